The second-order valence-corrected chi connectivity index (χ2v) is 18.9. The number of nitrogens with one attached hydrogen (secondary N) is 1. The third-order valence-electron chi connectivity index (χ3n) is 11.6. The highest BCUT2D eigenvalue weighted by molar-refractivity contribution is 7.90. The van der Waals surface area contributed by atoms with Crippen LogP contribution < -0.4 is 10.2 Å². The van der Waals surface area contributed by atoms with Crippen LogP contribution in [-0.2, 0) is 25.5 Å². The molecule has 4 aromatic rings. The van der Waals surface area contributed by atoms with E-state index in [0.29, 0.717) is 12.8 Å². The van der Waals surface area contributed by atoms with Crippen molar-refractivity contribution in [3.05, 3.63) is 143 Å². The number of hydrogen-bond donors (Lipinski definition) is 1. The Hall–Kier alpha value is -4.68. The summed E-state index contributed by atoms with van der Waals surface area (Å²) in [6.07, 6.45) is 23.3. The van der Waals surface area contributed by atoms with Gasteiger partial charge in [-0.1, -0.05) is 144 Å². The van der Waals surface area contributed by atoms with Crippen LogP contribution in [0.4, 0.5) is 5.69 Å². The van der Waals surface area contributed by atoms with Gasteiger partial charge in [-0.15, -0.1) is 0 Å². The van der Waals surface area contributed by atoms with Crippen LogP contribution in [0.15, 0.2) is 127 Å². The van der Waals surface area contributed by atoms with Gasteiger partial charge in [0.1, 0.15) is 9.84 Å². The monoisotopic (exact) mass is 768 g/mol. The molecular weight excluding hydrogens is 709 g/mol. The summed E-state index contributed by atoms with van der Waals surface area (Å²) >= 11 is 0. The number of allylic oxidation sites excluding steroid dienone is 10. The van der Waals surface area contributed by atoms with Gasteiger partial charge < -0.3 is 10.2 Å². The Balaban J connectivity index is 1.21. The number of carbonyl (C=O) groups excluding carboxylic acids is 1. The Morgan fingerprint density at radius 2 is 1.39 bits per heavy atom. The second-order valence-electron chi connectivity index (χ2n) is 16.6. The molecular formula is C50H60N2O3S. The number of unbranched alkanes of at least 4 members (excludes halogenated alkanes) is 3. The third-order valence-corrected chi connectivity index (χ3v) is 12.7. The Labute approximate surface area is 335 Å². The number of nitrogens with zero attached hydrogens (tertiary/aromatic N) is 1. The molecule has 0 unspecified atom stereocenters. The van der Waals surface area contributed by atoms with Crippen LogP contribution in [0.1, 0.15) is 103 Å². The van der Waals surface area contributed by atoms with Crippen LogP contribution >= 0.6 is 0 Å². The lowest BCUT2D eigenvalue weighted by molar-refractivity contribution is -0.121. The van der Waals surface area contributed by atoms with Crippen molar-refractivity contribution in [3.8, 4) is 0 Å². The quantitative estimate of drug-likeness (QED) is 0.0858. The van der Waals surface area contributed by atoms with E-state index in [4.69, 9.17) is 0 Å². The highest BCUT2D eigenvalue weighted by Crippen LogP contribution is 2.52. The van der Waals surface area contributed by atoms with Crippen molar-refractivity contribution in [2.24, 2.45) is 0 Å². The van der Waals surface area contributed by atoms with Gasteiger partial charge in [-0.25, -0.2) is 8.42 Å². The maximum absolute atomic E-state index is 12.2. The summed E-state index contributed by atoms with van der Waals surface area (Å²) in [5.74, 6) is 0.381. The first-order valence-corrected chi connectivity index (χ1v) is 22.6. The number of rotatable bonds is 17. The smallest absolute Gasteiger partial charge is 0.219 e. The first kappa shape index (κ1) is 41.0. The predicted molar refractivity (Wildman–Crippen MR) is 239 cm³/mol. The Morgan fingerprint density at radius 1 is 0.732 bits per heavy atom. The summed E-state index contributed by atoms with van der Waals surface area (Å²) in [5.41, 5.74) is 8.85. The second kappa shape index (κ2) is 17.6. The Bertz CT molecular complexity index is 2340. The lowest BCUT2D eigenvalue weighted by Crippen LogP contribution is -2.27. The Morgan fingerprint density at radius 3 is 2.11 bits per heavy atom. The zero-order valence-corrected chi connectivity index (χ0v) is 35.1. The molecule has 0 saturated heterocycles. The fraction of sp³-hybridized carbons (Fsp3) is 0.380. The van der Waals surface area contributed by atoms with Gasteiger partial charge in [0.15, 0.2) is 0 Å². The molecule has 1 N–H and O–H groups in total. The van der Waals surface area contributed by atoms with Gasteiger partial charge in [0, 0.05) is 53.7 Å². The molecule has 4 aromatic carbocycles. The molecule has 0 spiro atoms. The van der Waals surface area contributed by atoms with Crippen LogP contribution in [-0.4, -0.2) is 39.4 Å². The maximum Gasteiger partial charge on any atom is 0.219 e. The molecule has 1 aliphatic heterocycles. The molecule has 0 fully saturated rings. The summed E-state index contributed by atoms with van der Waals surface area (Å²) in [6, 6.07) is 26.3. The number of sulfone groups is 1. The zero-order chi connectivity index (χ0) is 39.9. The molecule has 294 valence electrons. The molecule has 0 saturated carbocycles. The standard InChI is InChI=1S/C50H60N2O3S/c1-7-34-51-46(53)29-14-11-20-35-52-44-33-31-38-23-16-18-25-40(38)48(44)50(4,5)45(52)28-13-10-8-9-12-27-43-41(26-19-21-36-56(6,54)55)42-32-30-37-22-15-17-24-39(37)47(42)49(43,2)3/h8-10,12-13,15-18,22-25,27-28,30-33H,7,11,14,19-21,26,29,34-36H2,1-6H3,(H,51,53)/b9-8+,13-10+,27-12+,45-28-. The van der Waals surface area contributed by atoms with E-state index in [0.717, 1.165) is 51.6 Å². The largest absolute Gasteiger partial charge is 0.356 e. The number of hydrogen-bond acceptors (Lipinski definition) is 4. The zero-order valence-electron chi connectivity index (χ0n) is 34.3. The fourth-order valence-corrected chi connectivity index (χ4v) is 9.68. The predicted octanol–water partition coefficient (Wildman–Crippen LogP) is 11.7. The van der Waals surface area contributed by atoms with Crippen molar-refractivity contribution in [2.75, 3.05) is 30.0 Å². The summed E-state index contributed by atoms with van der Waals surface area (Å²) in [7, 11) is -2.99. The highest BCUT2D eigenvalue weighted by Gasteiger charge is 2.41. The number of benzene rings is 4. The first-order chi connectivity index (χ1) is 26.8. The molecule has 0 atom stereocenters. The van der Waals surface area contributed by atoms with E-state index in [1.165, 1.54) is 67.0 Å². The SMILES string of the molecule is CCCNC(=O)CCCCCN1\C(=C/C=C/C=C/C=C/C2=C(CCCCS(C)(=O)=O)c3ccc4ccccc4c3C2(C)C)C(C)(C)c2c1ccc1ccccc21. The van der Waals surface area contributed by atoms with E-state index in [2.05, 4.69) is 160 Å². The average molecular weight is 769 g/mol. The molecule has 0 radical (unpaired) electrons. The minimum Gasteiger partial charge on any atom is -0.356 e. The maximum atomic E-state index is 12.2. The van der Waals surface area contributed by atoms with Crippen molar-refractivity contribution in [2.45, 2.75) is 96.8 Å². The summed E-state index contributed by atoms with van der Waals surface area (Å²) < 4.78 is 23.7. The van der Waals surface area contributed by atoms with E-state index >= 15 is 0 Å². The van der Waals surface area contributed by atoms with Gasteiger partial charge in [0.05, 0.1) is 0 Å². The van der Waals surface area contributed by atoms with Crippen molar-refractivity contribution in [3.63, 3.8) is 0 Å². The first-order valence-electron chi connectivity index (χ1n) is 20.6. The number of anilines is 1. The van der Waals surface area contributed by atoms with Crippen LogP contribution in [0.5, 0.6) is 0 Å². The lowest BCUT2D eigenvalue weighted by atomic mass is 9.79. The van der Waals surface area contributed by atoms with Gasteiger partial charge in [-0.2, -0.15) is 0 Å². The molecule has 1 amide bonds. The molecule has 2 aliphatic rings. The van der Waals surface area contributed by atoms with Gasteiger partial charge >= 0.3 is 0 Å². The fourth-order valence-electron chi connectivity index (χ4n) is 8.95. The van der Waals surface area contributed by atoms with Crippen LogP contribution in [0, 0.1) is 0 Å². The van der Waals surface area contributed by atoms with E-state index in [9.17, 15) is 13.2 Å². The van der Waals surface area contributed by atoms with Crippen molar-refractivity contribution in [1.82, 2.24) is 5.32 Å². The topological polar surface area (TPSA) is 66.5 Å². The van der Waals surface area contributed by atoms with Crippen LogP contribution in [0.2, 0.25) is 0 Å². The molecule has 6 heteroatoms. The minimum atomic E-state index is -2.99. The molecule has 56 heavy (non-hydrogen) atoms. The molecule has 5 nitrogen and oxygen atoms in total. The highest BCUT2D eigenvalue weighted by atomic mass is 32.2. The number of carbonyl (C=O) groups is 1. The van der Waals surface area contributed by atoms with Gasteiger partial charge in [0.2, 0.25) is 5.91 Å². The van der Waals surface area contributed by atoms with Gasteiger partial charge in [-0.05, 0) is 100 Å². The van der Waals surface area contributed by atoms with Crippen molar-refractivity contribution < 1.29 is 13.2 Å². The van der Waals surface area contributed by atoms with Crippen molar-refractivity contribution in [1.29, 1.82) is 0 Å². The molecule has 0 aromatic heterocycles. The minimum absolute atomic E-state index is 0.157. The van der Waals surface area contributed by atoms with E-state index < -0.39 is 9.84 Å². The third kappa shape index (κ3) is 8.97. The van der Waals surface area contributed by atoms with Gasteiger partial charge in [0.25, 0.3) is 0 Å². The normalized spacial score (nSPS) is 17.0. The molecule has 6 rings (SSSR count). The van der Waals surface area contributed by atoms with E-state index in [1.807, 2.05) is 0 Å². The molecule has 1 heterocycles. The molecule has 1 aliphatic carbocycles. The van der Waals surface area contributed by atoms with Crippen LogP contribution in [0.25, 0.3) is 27.1 Å². The number of amides is 1. The summed E-state index contributed by atoms with van der Waals surface area (Å²) in [5, 5.41) is 8.10. The number of fused-ring (bicyclic) bond motifs is 6. The van der Waals surface area contributed by atoms with Crippen molar-refractivity contribution >= 4 is 48.5 Å². The molecule has 0 bridgehead atoms. The van der Waals surface area contributed by atoms with E-state index in [-0.39, 0.29) is 22.5 Å². The van der Waals surface area contributed by atoms with Gasteiger partial charge in [-0.3, -0.25) is 4.79 Å². The average Bonchev–Trinajstić information content (AvgIpc) is 3.52. The Kier molecular flexibility index (Phi) is 12.9. The van der Waals surface area contributed by atoms with E-state index in [1.54, 1.807) is 0 Å². The summed E-state index contributed by atoms with van der Waals surface area (Å²) in [6.45, 7) is 13.0. The lowest BCUT2D eigenvalue weighted by Gasteiger charge is -2.27. The van der Waals surface area contributed by atoms with Crippen LogP contribution in [0.3, 0.4) is 0 Å². The summed E-state index contributed by atoms with van der Waals surface area (Å²) in [4.78, 5) is 14.7.